The number of carboxylic acid groups (broad SMARTS) is 1. The number of hydrogen-bond acceptors (Lipinski definition) is 3. The van der Waals surface area contributed by atoms with E-state index in [4.69, 9.17) is 10.5 Å². The largest absolute Gasteiger partial charge is 0.481 e. The van der Waals surface area contributed by atoms with Gasteiger partial charge in [0.25, 0.3) is 0 Å². The fourth-order valence-electron chi connectivity index (χ4n) is 3.83. The van der Waals surface area contributed by atoms with Gasteiger partial charge in [0.2, 0.25) is 0 Å². The number of aliphatic carboxylic acids is 1. The fourth-order valence-corrected chi connectivity index (χ4v) is 3.83. The molecule has 0 fully saturated rings. The van der Waals surface area contributed by atoms with Crippen molar-refractivity contribution < 1.29 is 27.8 Å². The first-order chi connectivity index (χ1) is 14.4. The zero-order valence-electron chi connectivity index (χ0n) is 15.7. The van der Waals surface area contributed by atoms with Crippen LogP contribution in [0.2, 0.25) is 0 Å². The summed E-state index contributed by atoms with van der Waals surface area (Å²) >= 11 is 0. The van der Waals surface area contributed by atoms with Crippen LogP contribution in [-0.4, -0.2) is 17.1 Å². The molecule has 1 aliphatic carbocycles. The minimum absolute atomic E-state index is 0.145. The quantitative estimate of drug-likeness (QED) is 0.590. The van der Waals surface area contributed by atoms with Crippen molar-refractivity contribution in [2.45, 2.75) is 24.8 Å². The van der Waals surface area contributed by atoms with E-state index in [9.17, 15) is 23.1 Å². The van der Waals surface area contributed by atoms with Crippen LogP contribution >= 0.6 is 0 Å². The van der Waals surface area contributed by atoms with Gasteiger partial charge in [-0.1, -0.05) is 24.3 Å². The molecule has 2 atom stereocenters. The molecule has 2 unspecified atom stereocenters. The van der Waals surface area contributed by atoms with Crippen molar-refractivity contribution in [3.8, 4) is 22.6 Å². The summed E-state index contributed by atoms with van der Waals surface area (Å²) in [4.78, 5) is 11.7. The Balaban J connectivity index is 1.74. The molecule has 7 heteroatoms. The summed E-state index contributed by atoms with van der Waals surface area (Å²) in [5.74, 6) is -5.46. The van der Waals surface area contributed by atoms with Gasteiger partial charge < -0.3 is 15.6 Å². The summed E-state index contributed by atoms with van der Waals surface area (Å²) in [5.41, 5.74) is 7.56. The van der Waals surface area contributed by atoms with Gasteiger partial charge in [-0.15, -0.1) is 0 Å². The summed E-state index contributed by atoms with van der Waals surface area (Å²) in [5, 5.41) is 9.58. The van der Waals surface area contributed by atoms with Crippen LogP contribution in [0.5, 0.6) is 11.5 Å². The number of rotatable bonds is 4. The highest BCUT2D eigenvalue weighted by molar-refractivity contribution is 5.78. The monoisotopic (exact) mass is 413 g/mol. The van der Waals surface area contributed by atoms with Crippen molar-refractivity contribution in [2.24, 2.45) is 5.73 Å². The van der Waals surface area contributed by atoms with Crippen LogP contribution in [0.3, 0.4) is 0 Å². The lowest BCUT2D eigenvalue weighted by Crippen LogP contribution is -2.37. The van der Waals surface area contributed by atoms with Gasteiger partial charge in [-0.25, -0.2) is 13.2 Å². The maximum Gasteiger partial charge on any atom is 0.312 e. The summed E-state index contributed by atoms with van der Waals surface area (Å²) < 4.78 is 47.3. The molecule has 0 saturated heterocycles. The zero-order valence-corrected chi connectivity index (χ0v) is 15.7. The number of hydrogen-bond donors (Lipinski definition) is 2. The molecule has 4 nitrogen and oxygen atoms in total. The van der Waals surface area contributed by atoms with E-state index in [0.717, 1.165) is 17.7 Å². The minimum Gasteiger partial charge on any atom is -0.481 e. The van der Waals surface area contributed by atoms with Gasteiger partial charge in [-0.05, 0) is 54.3 Å². The molecule has 1 aliphatic rings. The molecule has 4 rings (SSSR count). The third-order valence-electron chi connectivity index (χ3n) is 5.33. The Morgan fingerprint density at radius 2 is 1.77 bits per heavy atom. The topological polar surface area (TPSA) is 72.5 Å². The molecule has 154 valence electrons. The van der Waals surface area contributed by atoms with Crippen molar-refractivity contribution in [2.75, 3.05) is 0 Å². The molecule has 3 aromatic carbocycles. The number of benzene rings is 3. The highest BCUT2D eigenvalue weighted by atomic mass is 19.2. The van der Waals surface area contributed by atoms with Gasteiger partial charge in [0.1, 0.15) is 11.5 Å². The van der Waals surface area contributed by atoms with Crippen molar-refractivity contribution in [1.29, 1.82) is 0 Å². The molecular weight excluding hydrogens is 395 g/mol. The smallest absolute Gasteiger partial charge is 0.312 e. The second-order valence-electron chi connectivity index (χ2n) is 7.20. The Bertz CT molecular complexity index is 1130. The molecule has 0 aromatic heterocycles. The van der Waals surface area contributed by atoms with Gasteiger partial charge in [0.15, 0.2) is 17.5 Å². The van der Waals surface area contributed by atoms with E-state index in [2.05, 4.69) is 0 Å². The van der Waals surface area contributed by atoms with E-state index in [0.29, 0.717) is 24.2 Å². The third kappa shape index (κ3) is 3.52. The van der Waals surface area contributed by atoms with Crippen LogP contribution in [0.15, 0.2) is 54.6 Å². The highest BCUT2D eigenvalue weighted by Crippen LogP contribution is 2.38. The number of aryl methyl sites for hydroxylation is 1. The lowest BCUT2D eigenvalue weighted by atomic mass is 9.79. The predicted octanol–water partition coefficient (Wildman–Crippen LogP) is 5.00. The zero-order chi connectivity index (χ0) is 21.4. The highest BCUT2D eigenvalue weighted by Gasteiger charge is 2.33. The molecule has 0 spiro atoms. The Kier molecular flexibility index (Phi) is 5.22. The molecule has 3 N–H and O–H groups in total. The van der Waals surface area contributed by atoms with Crippen LogP contribution in [-0.2, 0) is 11.2 Å². The van der Waals surface area contributed by atoms with E-state index in [1.54, 1.807) is 36.4 Å². The van der Waals surface area contributed by atoms with Crippen LogP contribution in [0.4, 0.5) is 13.2 Å². The second-order valence-corrected chi connectivity index (χ2v) is 7.20. The third-order valence-corrected chi connectivity index (χ3v) is 5.33. The number of para-hydroxylation sites is 1. The van der Waals surface area contributed by atoms with Gasteiger partial charge in [-0.2, -0.15) is 0 Å². The first kappa shape index (κ1) is 20.0. The summed E-state index contributed by atoms with van der Waals surface area (Å²) in [6, 6.07) is 12.9. The van der Waals surface area contributed by atoms with Crippen LogP contribution in [0, 0.1) is 17.5 Å². The summed E-state index contributed by atoms with van der Waals surface area (Å²) in [7, 11) is 0. The SMILES string of the molecule is NC1CCc2ccc(Oc3ccccc3-c3ccc(F)c(F)c3F)cc2C1C(=O)O. The van der Waals surface area contributed by atoms with E-state index in [1.165, 1.54) is 6.07 Å². The lowest BCUT2D eigenvalue weighted by molar-refractivity contribution is -0.139. The van der Waals surface area contributed by atoms with E-state index in [-0.39, 0.29) is 16.9 Å². The maximum absolute atomic E-state index is 14.3. The van der Waals surface area contributed by atoms with Crippen LogP contribution in [0.25, 0.3) is 11.1 Å². The van der Waals surface area contributed by atoms with E-state index in [1.807, 2.05) is 0 Å². The number of halogens is 3. The van der Waals surface area contributed by atoms with Crippen molar-refractivity contribution in [3.05, 3.63) is 83.2 Å². The maximum atomic E-state index is 14.3. The molecular formula is C23H18F3NO3. The first-order valence-electron chi connectivity index (χ1n) is 9.38. The summed E-state index contributed by atoms with van der Waals surface area (Å²) in [6.07, 6.45) is 1.24. The number of ether oxygens (including phenoxy) is 1. The average Bonchev–Trinajstić information content (AvgIpc) is 2.72. The molecule has 0 amide bonds. The molecule has 0 aliphatic heterocycles. The van der Waals surface area contributed by atoms with Crippen LogP contribution in [0.1, 0.15) is 23.5 Å². The number of nitrogens with two attached hydrogens (primary N) is 1. The molecule has 0 bridgehead atoms. The van der Waals surface area contributed by atoms with E-state index >= 15 is 0 Å². The van der Waals surface area contributed by atoms with Crippen molar-refractivity contribution >= 4 is 5.97 Å². The van der Waals surface area contributed by atoms with Gasteiger partial charge in [0.05, 0.1) is 5.92 Å². The van der Waals surface area contributed by atoms with Gasteiger partial charge in [0, 0.05) is 17.2 Å². The van der Waals surface area contributed by atoms with Gasteiger partial charge >= 0.3 is 5.97 Å². The van der Waals surface area contributed by atoms with Crippen molar-refractivity contribution in [3.63, 3.8) is 0 Å². The number of carbonyl (C=O) groups is 1. The normalized spacial score (nSPS) is 18.0. The average molecular weight is 413 g/mol. The fraction of sp³-hybridized carbons (Fsp3) is 0.174. The molecule has 0 heterocycles. The number of fused-ring (bicyclic) bond motifs is 1. The predicted molar refractivity (Wildman–Crippen MR) is 105 cm³/mol. The Morgan fingerprint density at radius 1 is 1.00 bits per heavy atom. The van der Waals surface area contributed by atoms with E-state index < -0.39 is 35.4 Å². The molecule has 0 saturated carbocycles. The Hall–Kier alpha value is -3.32. The Morgan fingerprint density at radius 3 is 2.53 bits per heavy atom. The number of carboxylic acids is 1. The first-order valence-corrected chi connectivity index (χ1v) is 9.38. The van der Waals surface area contributed by atoms with Crippen molar-refractivity contribution in [1.82, 2.24) is 0 Å². The molecule has 0 radical (unpaired) electrons. The summed E-state index contributed by atoms with van der Waals surface area (Å²) in [6.45, 7) is 0. The van der Waals surface area contributed by atoms with Gasteiger partial charge in [-0.3, -0.25) is 4.79 Å². The lowest BCUT2D eigenvalue weighted by Gasteiger charge is -2.28. The second kappa shape index (κ2) is 7.84. The van der Waals surface area contributed by atoms with Crippen LogP contribution < -0.4 is 10.5 Å². The Labute approximate surface area is 170 Å². The molecule has 3 aromatic rings. The standard InChI is InChI=1S/C23H18F3NO3/c24-17-9-8-15(21(25)22(17)26)14-3-1-2-4-19(14)30-13-7-5-12-6-10-18(27)20(23(28)29)16(12)11-13/h1-5,7-9,11,18,20H,6,10,27H2,(H,28,29). The molecule has 30 heavy (non-hydrogen) atoms. The minimum atomic E-state index is -1.56.